The number of ether oxygens (including phenoxy) is 2. The third-order valence-electron chi connectivity index (χ3n) is 3.90. The highest BCUT2D eigenvalue weighted by atomic mass is 19.1. The highest BCUT2D eigenvalue weighted by Crippen LogP contribution is 2.34. The number of carbonyl (C=O) groups is 1. The zero-order valence-corrected chi connectivity index (χ0v) is 14.6. The molecule has 0 bridgehead atoms. The molecule has 0 heterocycles. The maximum atomic E-state index is 13.8. The standard InChI is InChI=1S/C19H21F2NO3/c1-11(2)18(12-5-8-16(24-3)17(9-12)25-4)19(23)22-15-7-6-13(20)10-14(15)21/h5-11,18H,1-4H3,(H,22,23). The molecule has 2 aromatic carbocycles. The Balaban J connectivity index is 2.32. The molecule has 4 nitrogen and oxygen atoms in total. The van der Waals surface area contributed by atoms with E-state index in [0.29, 0.717) is 17.1 Å². The Bertz CT molecular complexity index is 762. The number of hydrogen-bond acceptors (Lipinski definition) is 3. The highest BCUT2D eigenvalue weighted by molar-refractivity contribution is 5.96. The van der Waals surface area contributed by atoms with Crippen molar-refractivity contribution in [3.63, 3.8) is 0 Å². The van der Waals surface area contributed by atoms with Crippen LogP contribution in [-0.4, -0.2) is 20.1 Å². The molecule has 134 valence electrons. The number of benzene rings is 2. The zero-order valence-electron chi connectivity index (χ0n) is 14.6. The molecule has 1 unspecified atom stereocenters. The number of anilines is 1. The summed E-state index contributed by atoms with van der Waals surface area (Å²) in [7, 11) is 3.04. The van der Waals surface area contributed by atoms with Gasteiger partial charge in [-0.15, -0.1) is 0 Å². The second-order valence-electron chi connectivity index (χ2n) is 5.95. The van der Waals surface area contributed by atoms with Gasteiger partial charge >= 0.3 is 0 Å². The summed E-state index contributed by atoms with van der Waals surface area (Å²) in [6.45, 7) is 3.78. The van der Waals surface area contributed by atoms with Crippen molar-refractivity contribution >= 4 is 11.6 Å². The normalized spacial score (nSPS) is 12.0. The lowest BCUT2D eigenvalue weighted by Crippen LogP contribution is -2.25. The Kier molecular flexibility index (Phi) is 5.96. The van der Waals surface area contributed by atoms with E-state index in [-0.39, 0.29) is 17.5 Å². The van der Waals surface area contributed by atoms with Gasteiger partial charge in [0, 0.05) is 6.07 Å². The molecule has 25 heavy (non-hydrogen) atoms. The van der Waals surface area contributed by atoms with E-state index < -0.39 is 17.6 Å². The Morgan fingerprint density at radius 1 is 1.00 bits per heavy atom. The van der Waals surface area contributed by atoms with E-state index in [2.05, 4.69) is 5.32 Å². The van der Waals surface area contributed by atoms with Crippen LogP contribution in [-0.2, 0) is 4.79 Å². The van der Waals surface area contributed by atoms with E-state index >= 15 is 0 Å². The van der Waals surface area contributed by atoms with E-state index in [9.17, 15) is 13.6 Å². The molecule has 6 heteroatoms. The smallest absolute Gasteiger partial charge is 0.232 e. The van der Waals surface area contributed by atoms with E-state index in [0.717, 1.165) is 12.1 Å². The fourth-order valence-corrected chi connectivity index (χ4v) is 2.69. The van der Waals surface area contributed by atoms with E-state index in [1.807, 2.05) is 13.8 Å². The highest BCUT2D eigenvalue weighted by Gasteiger charge is 2.26. The van der Waals surface area contributed by atoms with E-state index in [1.165, 1.54) is 20.3 Å². The van der Waals surface area contributed by atoms with Gasteiger partial charge in [-0.05, 0) is 35.7 Å². The van der Waals surface area contributed by atoms with Gasteiger partial charge in [-0.3, -0.25) is 4.79 Å². The summed E-state index contributed by atoms with van der Waals surface area (Å²) in [5.74, 6) is -1.43. The summed E-state index contributed by atoms with van der Waals surface area (Å²) in [4.78, 5) is 12.7. The van der Waals surface area contributed by atoms with Gasteiger partial charge in [-0.25, -0.2) is 8.78 Å². The van der Waals surface area contributed by atoms with Crippen LogP contribution in [0.5, 0.6) is 11.5 Å². The minimum atomic E-state index is -0.817. The van der Waals surface area contributed by atoms with Crippen molar-refractivity contribution in [2.75, 3.05) is 19.5 Å². The average molecular weight is 349 g/mol. The summed E-state index contributed by atoms with van der Waals surface area (Å²) in [6, 6.07) is 8.25. The Labute approximate surface area is 145 Å². The van der Waals surface area contributed by atoms with Crippen LogP contribution >= 0.6 is 0 Å². The van der Waals surface area contributed by atoms with Gasteiger partial charge in [-0.2, -0.15) is 0 Å². The number of amides is 1. The molecule has 0 saturated heterocycles. The van der Waals surface area contributed by atoms with Crippen LogP contribution in [0.2, 0.25) is 0 Å². The van der Waals surface area contributed by atoms with Crippen LogP contribution < -0.4 is 14.8 Å². The first-order chi connectivity index (χ1) is 11.9. The van der Waals surface area contributed by atoms with Crippen molar-refractivity contribution < 1.29 is 23.0 Å². The van der Waals surface area contributed by atoms with E-state index in [1.54, 1.807) is 18.2 Å². The average Bonchev–Trinajstić information content (AvgIpc) is 2.57. The van der Waals surface area contributed by atoms with Crippen LogP contribution in [0.25, 0.3) is 0 Å². The first-order valence-corrected chi connectivity index (χ1v) is 7.85. The predicted octanol–water partition coefficient (Wildman–Crippen LogP) is 4.36. The van der Waals surface area contributed by atoms with Crippen molar-refractivity contribution in [3.8, 4) is 11.5 Å². The first-order valence-electron chi connectivity index (χ1n) is 7.85. The zero-order chi connectivity index (χ0) is 18.6. The van der Waals surface area contributed by atoms with Crippen molar-refractivity contribution in [2.45, 2.75) is 19.8 Å². The van der Waals surface area contributed by atoms with Crippen molar-refractivity contribution in [1.82, 2.24) is 0 Å². The number of rotatable bonds is 6. The number of hydrogen-bond donors (Lipinski definition) is 1. The summed E-state index contributed by atoms with van der Waals surface area (Å²) in [6.07, 6.45) is 0. The Morgan fingerprint density at radius 3 is 2.24 bits per heavy atom. The van der Waals surface area contributed by atoms with Crippen LogP contribution in [0.15, 0.2) is 36.4 Å². The van der Waals surface area contributed by atoms with Gasteiger partial charge in [0.2, 0.25) is 5.91 Å². The minimum absolute atomic E-state index is 0.0541. The first kappa shape index (κ1) is 18.7. The molecular weight excluding hydrogens is 328 g/mol. The molecule has 2 rings (SSSR count). The molecule has 1 N–H and O–H groups in total. The van der Waals surface area contributed by atoms with Gasteiger partial charge in [-0.1, -0.05) is 19.9 Å². The molecule has 0 radical (unpaired) electrons. The lowest BCUT2D eigenvalue weighted by atomic mass is 9.87. The SMILES string of the molecule is COc1ccc(C(C(=O)Nc2ccc(F)cc2F)C(C)C)cc1OC. The fourth-order valence-electron chi connectivity index (χ4n) is 2.69. The molecule has 0 aromatic heterocycles. The van der Waals surface area contributed by atoms with Gasteiger partial charge in [0.1, 0.15) is 11.6 Å². The topological polar surface area (TPSA) is 47.6 Å². The van der Waals surface area contributed by atoms with Crippen LogP contribution in [0.4, 0.5) is 14.5 Å². The number of methoxy groups -OCH3 is 2. The monoisotopic (exact) mass is 349 g/mol. The van der Waals surface area contributed by atoms with Crippen LogP contribution in [0.3, 0.4) is 0 Å². The lowest BCUT2D eigenvalue weighted by Gasteiger charge is -2.22. The number of nitrogens with one attached hydrogen (secondary N) is 1. The molecule has 0 saturated carbocycles. The van der Waals surface area contributed by atoms with E-state index in [4.69, 9.17) is 9.47 Å². The maximum Gasteiger partial charge on any atom is 0.232 e. The Hall–Kier alpha value is -2.63. The number of carbonyl (C=O) groups excluding carboxylic acids is 1. The van der Waals surface area contributed by atoms with Crippen molar-refractivity contribution in [1.29, 1.82) is 0 Å². The molecule has 1 amide bonds. The second-order valence-corrected chi connectivity index (χ2v) is 5.95. The molecule has 2 aromatic rings. The molecule has 1 atom stereocenters. The summed E-state index contributed by atoms with van der Waals surface area (Å²) in [5, 5.41) is 2.53. The van der Waals surface area contributed by atoms with Gasteiger partial charge in [0.25, 0.3) is 0 Å². The van der Waals surface area contributed by atoms with Crippen molar-refractivity contribution in [2.24, 2.45) is 5.92 Å². The Morgan fingerprint density at radius 2 is 1.68 bits per heavy atom. The van der Waals surface area contributed by atoms with Crippen molar-refractivity contribution in [3.05, 3.63) is 53.6 Å². The van der Waals surface area contributed by atoms with Crippen LogP contribution in [0, 0.1) is 17.6 Å². The number of halogens is 2. The molecule has 0 aliphatic carbocycles. The van der Waals surface area contributed by atoms with Gasteiger partial charge < -0.3 is 14.8 Å². The molecule has 0 aliphatic rings. The van der Waals surface area contributed by atoms with Crippen LogP contribution in [0.1, 0.15) is 25.3 Å². The molecular formula is C19H21F2NO3. The summed E-state index contributed by atoms with van der Waals surface area (Å²) >= 11 is 0. The summed E-state index contributed by atoms with van der Waals surface area (Å²) in [5.41, 5.74) is 0.658. The summed E-state index contributed by atoms with van der Waals surface area (Å²) < 4.78 is 37.3. The maximum absolute atomic E-state index is 13.8. The third kappa shape index (κ3) is 4.26. The largest absolute Gasteiger partial charge is 0.493 e. The molecule has 0 fully saturated rings. The molecule has 0 spiro atoms. The van der Waals surface area contributed by atoms with Gasteiger partial charge in [0.05, 0.1) is 25.8 Å². The van der Waals surface area contributed by atoms with Gasteiger partial charge in [0.15, 0.2) is 11.5 Å². The lowest BCUT2D eigenvalue weighted by molar-refractivity contribution is -0.118. The molecule has 0 aliphatic heterocycles. The quantitative estimate of drug-likeness (QED) is 0.843. The predicted molar refractivity (Wildman–Crippen MR) is 92.1 cm³/mol. The third-order valence-corrected chi connectivity index (χ3v) is 3.90. The fraction of sp³-hybridized carbons (Fsp3) is 0.316. The minimum Gasteiger partial charge on any atom is -0.493 e. The second kappa shape index (κ2) is 7.96.